The zero-order valence-electron chi connectivity index (χ0n) is 11.1. The fraction of sp³-hybridized carbons (Fsp3) is 0.571. The van der Waals surface area contributed by atoms with Gasteiger partial charge < -0.3 is 14.8 Å². The van der Waals surface area contributed by atoms with Gasteiger partial charge in [0.05, 0.1) is 14.2 Å². The third kappa shape index (κ3) is 5.09. The number of nitrogens with one attached hydrogen (secondary N) is 1. The maximum absolute atomic E-state index is 5.25. The molecule has 0 radical (unpaired) electrons. The van der Waals surface area contributed by atoms with E-state index in [0.717, 1.165) is 31.0 Å². The van der Waals surface area contributed by atoms with Gasteiger partial charge in [0.2, 0.25) is 0 Å². The molecule has 0 aromatic heterocycles. The second-order valence-corrected chi connectivity index (χ2v) is 4.03. The zero-order chi connectivity index (χ0) is 12.5. The van der Waals surface area contributed by atoms with Crippen LogP contribution in [-0.2, 0) is 6.42 Å². The van der Waals surface area contributed by atoms with Crippen molar-refractivity contribution in [3.63, 3.8) is 0 Å². The highest BCUT2D eigenvalue weighted by Gasteiger charge is 2.01. The van der Waals surface area contributed by atoms with Crippen molar-refractivity contribution in [2.45, 2.75) is 26.2 Å². The highest BCUT2D eigenvalue weighted by atomic mass is 16.5. The molecule has 17 heavy (non-hydrogen) atoms. The molecule has 1 aromatic carbocycles. The van der Waals surface area contributed by atoms with Crippen LogP contribution in [0.5, 0.6) is 11.5 Å². The van der Waals surface area contributed by atoms with Crippen molar-refractivity contribution >= 4 is 0 Å². The summed E-state index contributed by atoms with van der Waals surface area (Å²) < 4.78 is 10.5. The topological polar surface area (TPSA) is 30.5 Å². The zero-order valence-corrected chi connectivity index (χ0v) is 11.1. The molecule has 1 aromatic rings. The minimum atomic E-state index is 0.867. The second kappa shape index (κ2) is 7.96. The molecule has 0 aliphatic heterocycles. The Bertz CT molecular complexity index is 304. The number of aryl methyl sites for hydroxylation is 1. The molecule has 0 atom stereocenters. The van der Waals surface area contributed by atoms with Crippen molar-refractivity contribution in [2.24, 2.45) is 0 Å². The van der Waals surface area contributed by atoms with E-state index < -0.39 is 0 Å². The number of benzene rings is 1. The SMILES string of the molecule is CCNCCCCc1cc(OC)cc(OC)c1. The number of methoxy groups -OCH3 is 2. The van der Waals surface area contributed by atoms with Crippen LogP contribution in [0.4, 0.5) is 0 Å². The first-order valence-corrected chi connectivity index (χ1v) is 6.22. The number of rotatable bonds is 8. The summed E-state index contributed by atoms with van der Waals surface area (Å²) in [5, 5.41) is 3.33. The highest BCUT2D eigenvalue weighted by molar-refractivity contribution is 5.38. The van der Waals surface area contributed by atoms with Crippen LogP contribution in [0.15, 0.2) is 18.2 Å². The fourth-order valence-corrected chi connectivity index (χ4v) is 1.77. The molecule has 0 amide bonds. The van der Waals surface area contributed by atoms with Gasteiger partial charge in [0.1, 0.15) is 11.5 Å². The van der Waals surface area contributed by atoms with E-state index in [1.54, 1.807) is 14.2 Å². The lowest BCUT2D eigenvalue weighted by Crippen LogP contribution is -2.13. The molecule has 0 aliphatic rings. The summed E-state index contributed by atoms with van der Waals surface area (Å²) in [6.45, 7) is 4.28. The smallest absolute Gasteiger partial charge is 0.122 e. The van der Waals surface area contributed by atoms with Gasteiger partial charge in [0.15, 0.2) is 0 Å². The molecule has 3 heteroatoms. The minimum absolute atomic E-state index is 0.867. The van der Waals surface area contributed by atoms with Crippen molar-refractivity contribution in [1.82, 2.24) is 5.32 Å². The number of unbranched alkanes of at least 4 members (excludes halogenated alkanes) is 1. The van der Waals surface area contributed by atoms with Gasteiger partial charge in [0, 0.05) is 6.07 Å². The number of ether oxygens (including phenoxy) is 2. The van der Waals surface area contributed by atoms with Gasteiger partial charge in [-0.25, -0.2) is 0 Å². The van der Waals surface area contributed by atoms with Crippen LogP contribution >= 0.6 is 0 Å². The predicted octanol–water partition coefficient (Wildman–Crippen LogP) is 2.64. The van der Waals surface area contributed by atoms with Crippen molar-refractivity contribution in [2.75, 3.05) is 27.3 Å². The van der Waals surface area contributed by atoms with E-state index in [1.165, 1.54) is 18.4 Å². The predicted molar refractivity (Wildman–Crippen MR) is 71.0 cm³/mol. The molecule has 1 rings (SSSR count). The normalized spacial score (nSPS) is 10.3. The summed E-state index contributed by atoms with van der Waals surface area (Å²) in [5.74, 6) is 1.73. The quantitative estimate of drug-likeness (QED) is 0.705. The maximum Gasteiger partial charge on any atom is 0.122 e. The van der Waals surface area contributed by atoms with Crippen LogP contribution < -0.4 is 14.8 Å². The molecule has 0 spiro atoms. The molecule has 0 bridgehead atoms. The van der Waals surface area contributed by atoms with Crippen molar-refractivity contribution in [3.8, 4) is 11.5 Å². The Labute approximate surface area is 104 Å². The minimum Gasteiger partial charge on any atom is -0.497 e. The lowest BCUT2D eigenvalue weighted by molar-refractivity contribution is 0.393. The van der Waals surface area contributed by atoms with Crippen molar-refractivity contribution < 1.29 is 9.47 Å². The molecule has 0 aliphatic carbocycles. The monoisotopic (exact) mass is 237 g/mol. The van der Waals surface area contributed by atoms with E-state index in [-0.39, 0.29) is 0 Å². The lowest BCUT2D eigenvalue weighted by Gasteiger charge is -2.08. The Hall–Kier alpha value is -1.22. The molecule has 0 heterocycles. The number of hydrogen-bond acceptors (Lipinski definition) is 3. The van der Waals surface area contributed by atoms with E-state index >= 15 is 0 Å². The summed E-state index contributed by atoms with van der Waals surface area (Å²) >= 11 is 0. The van der Waals surface area contributed by atoms with Gasteiger partial charge >= 0.3 is 0 Å². The second-order valence-electron chi connectivity index (χ2n) is 4.03. The molecule has 0 fully saturated rings. The molecule has 0 unspecified atom stereocenters. The van der Waals surface area contributed by atoms with E-state index in [4.69, 9.17) is 9.47 Å². The Morgan fingerprint density at radius 3 is 2.18 bits per heavy atom. The van der Waals surface area contributed by atoms with Crippen molar-refractivity contribution in [3.05, 3.63) is 23.8 Å². The third-order valence-corrected chi connectivity index (χ3v) is 2.73. The van der Waals surface area contributed by atoms with Gasteiger partial charge in [-0.15, -0.1) is 0 Å². The van der Waals surface area contributed by atoms with Gasteiger partial charge in [-0.1, -0.05) is 6.92 Å². The van der Waals surface area contributed by atoms with Crippen LogP contribution in [0.25, 0.3) is 0 Å². The summed E-state index contributed by atoms with van der Waals surface area (Å²) in [6, 6.07) is 6.06. The van der Waals surface area contributed by atoms with Crippen LogP contribution in [0.3, 0.4) is 0 Å². The molecular weight excluding hydrogens is 214 g/mol. The molecule has 3 nitrogen and oxygen atoms in total. The summed E-state index contributed by atoms with van der Waals surface area (Å²) in [6.07, 6.45) is 3.45. The summed E-state index contributed by atoms with van der Waals surface area (Å²) in [4.78, 5) is 0. The molecule has 0 saturated carbocycles. The van der Waals surface area contributed by atoms with E-state index in [0.29, 0.717) is 0 Å². The molecule has 0 saturated heterocycles. The largest absolute Gasteiger partial charge is 0.497 e. The fourth-order valence-electron chi connectivity index (χ4n) is 1.77. The van der Waals surface area contributed by atoms with Crippen molar-refractivity contribution in [1.29, 1.82) is 0 Å². The van der Waals surface area contributed by atoms with Crippen LogP contribution in [0.1, 0.15) is 25.3 Å². The van der Waals surface area contributed by atoms with Gasteiger partial charge in [-0.05, 0) is 50.0 Å². The summed E-state index contributed by atoms with van der Waals surface area (Å²) in [7, 11) is 3.37. The Balaban J connectivity index is 2.46. The first kappa shape index (κ1) is 13.8. The van der Waals surface area contributed by atoms with E-state index in [9.17, 15) is 0 Å². The standard InChI is InChI=1S/C14H23NO2/c1-4-15-8-6-5-7-12-9-13(16-2)11-14(10-12)17-3/h9-11,15H,4-8H2,1-3H3. The van der Waals surface area contributed by atoms with Gasteiger partial charge in [-0.2, -0.15) is 0 Å². The van der Waals surface area contributed by atoms with E-state index in [2.05, 4.69) is 24.4 Å². The lowest BCUT2D eigenvalue weighted by atomic mass is 10.1. The van der Waals surface area contributed by atoms with Crippen LogP contribution in [0.2, 0.25) is 0 Å². The van der Waals surface area contributed by atoms with Gasteiger partial charge in [-0.3, -0.25) is 0 Å². The third-order valence-electron chi connectivity index (χ3n) is 2.73. The first-order valence-electron chi connectivity index (χ1n) is 6.22. The first-order chi connectivity index (χ1) is 8.30. The Morgan fingerprint density at radius 2 is 1.65 bits per heavy atom. The van der Waals surface area contributed by atoms with Gasteiger partial charge in [0.25, 0.3) is 0 Å². The Morgan fingerprint density at radius 1 is 1.00 bits per heavy atom. The molecular formula is C14H23NO2. The average Bonchev–Trinajstić information content (AvgIpc) is 2.38. The van der Waals surface area contributed by atoms with Crippen LogP contribution in [0, 0.1) is 0 Å². The summed E-state index contributed by atoms with van der Waals surface area (Å²) in [5.41, 5.74) is 1.28. The maximum atomic E-state index is 5.25. The molecule has 1 N–H and O–H groups in total. The average molecular weight is 237 g/mol. The van der Waals surface area contributed by atoms with E-state index in [1.807, 2.05) is 6.07 Å². The van der Waals surface area contributed by atoms with Crippen LogP contribution in [-0.4, -0.2) is 27.3 Å². The molecule has 96 valence electrons. The highest BCUT2D eigenvalue weighted by Crippen LogP contribution is 2.23. The Kier molecular flexibility index (Phi) is 6.48. The number of hydrogen-bond donors (Lipinski definition) is 1.